The van der Waals surface area contributed by atoms with Crippen LogP contribution in [0.5, 0.6) is 5.75 Å². The average Bonchev–Trinajstić information content (AvgIpc) is 3.42. The van der Waals surface area contributed by atoms with Crippen LogP contribution in [-0.4, -0.2) is 57.2 Å². The fourth-order valence-electron chi connectivity index (χ4n) is 6.93. The van der Waals surface area contributed by atoms with Crippen LogP contribution in [0.3, 0.4) is 0 Å². The molecule has 5 rings (SSSR count). The number of aliphatic hydroxyl groups excluding tert-OH is 1. The van der Waals surface area contributed by atoms with Gasteiger partial charge in [-0.05, 0) is 102 Å². The minimum Gasteiger partial charge on any atom is -0.506 e. The Labute approximate surface area is 270 Å². The molecule has 7 nitrogen and oxygen atoms in total. The number of allylic oxidation sites excluding steroid dienone is 1. The van der Waals surface area contributed by atoms with E-state index in [4.69, 9.17) is 0 Å². The topological polar surface area (TPSA) is 92.7 Å². The highest BCUT2D eigenvalue weighted by molar-refractivity contribution is 9.10. The SMILES string of the molecule is CCCC(=C(C)CC)C1=C(N(C)c2ccc(C3CCC3)cc2O)CCN(C(=O)c2ccc(Br)c3nc(CCO)[nH]c23)C1CC. The first kappa shape index (κ1) is 32.3. The quantitative estimate of drug-likeness (QED) is 0.192. The molecule has 0 spiro atoms. The Morgan fingerprint density at radius 3 is 2.57 bits per heavy atom. The van der Waals surface area contributed by atoms with Gasteiger partial charge in [-0.1, -0.05) is 45.3 Å². The lowest BCUT2D eigenvalue weighted by molar-refractivity contribution is 0.0691. The summed E-state index contributed by atoms with van der Waals surface area (Å²) in [6.45, 7) is 9.35. The number of imidazole rings is 1. The zero-order valence-corrected chi connectivity index (χ0v) is 28.4. The molecule has 2 aliphatic rings. The van der Waals surface area contributed by atoms with Crippen molar-refractivity contribution in [3.63, 3.8) is 0 Å². The maximum atomic E-state index is 14.5. The second-order valence-corrected chi connectivity index (χ2v) is 13.2. The molecule has 2 aromatic carbocycles. The zero-order chi connectivity index (χ0) is 31.5. The van der Waals surface area contributed by atoms with E-state index in [9.17, 15) is 15.0 Å². The molecule has 1 amide bonds. The van der Waals surface area contributed by atoms with Crippen molar-refractivity contribution >= 4 is 38.6 Å². The lowest BCUT2D eigenvalue weighted by atomic mass is 9.80. The van der Waals surface area contributed by atoms with E-state index in [-0.39, 0.29) is 18.6 Å². The summed E-state index contributed by atoms with van der Waals surface area (Å²) in [4.78, 5) is 26.7. The van der Waals surface area contributed by atoms with Crippen LogP contribution in [0, 0.1) is 0 Å². The number of hydrogen-bond donors (Lipinski definition) is 3. The number of halogens is 1. The first-order chi connectivity index (χ1) is 21.2. The van der Waals surface area contributed by atoms with E-state index in [2.05, 4.69) is 77.7 Å². The van der Waals surface area contributed by atoms with Gasteiger partial charge in [0, 0.05) is 36.6 Å². The summed E-state index contributed by atoms with van der Waals surface area (Å²) < 4.78 is 0.814. The molecule has 1 saturated carbocycles. The van der Waals surface area contributed by atoms with Gasteiger partial charge < -0.3 is 25.0 Å². The summed E-state index contributed by atoms with van der Waals surface area (Å²) in [5, 5.41) is 20.7. The molecule has 1 unspecified atom stereocenters. The van der Waals surface area contributed by atoms with Crippen LogP contribution in [0.25, 0.3) is 11.0 Å². The van der Waals surface area contributed by atoms with Gasteiger partial charge in [0.25, 0.3) is 5.91 Å². The number of aliphatic hydroxyl groups is 1. The van der Waals surface area contributed by atoms with Gasteiger partial charge in [-0.2, -0.15) is 0 Å². The van der Waals surface area contributed by atoms with E-state index < -0.39 is 0 Å². The van der Waals surface area contributed by atoms with Crippen molar-refractivity contribution < 1.29 is 15.0 Å². The first-order valence-corrected chi connectivity index (χ1v) is 17.1. The molecule has 8 heteroatoms. The van der Waals surface area contributed by atoms with Gasteiger partial charge in [0.15, 0.2) is 0 Å². The van der Waals surface area contributed by atoms with E-state index in [0.29, 0.717) is 53.5 Å². The molecule has 0 bridgehead atoms. The lowest BCUT2D eigenvalue weighted by Gasteiger charge is -2.42. The van der Waals surface area contributed by atoms with E-state index in [1.54, 1.807) is 0 Å². The highest BCUT2D eigenvalue weighted by Crippen LogP contribution is 2.43. The second kappa shape index (κ2) is 13.9. The number of nitrogens with one attached hydrogen (secondary N) is 1. The zero-order valence-electron chi connectivity index (χ0n) is 26.8. The normalized spacial score (nSPS) is 18.1. The Balaban J connectivity index is 1.60. The largest absolute Gasteiger partial charge is 0.506 e. The van der Waals surface area contributed by atoms with Crippen molar-refractivity contribution in [1.82, 2.24) is 14.9 Å². The Bertz CT molecular complexity index is 1590. The van der Waals surface area contributed by atoms with E-state index in [1.807, 2.05) is 23.1 Å². The van der Waals surface area contributed by atoms with Crippen LogP contribution in [0.15, 0.2) is 57.2 Å². The van der Waals surface area contributed by atoms with Crippen LogP contribution in [0.1, 0.15) is 107 Å². The number of carbonyl (C=O) groups is 1. The number of aromatic hydroxyl groups is 1. The van der Waals surface area contributed by atoms with E-state index in [0.717, 1.165) is 35.8 Å². The van der Waals surface area contributed by atoms with Crippen molar-refractivity contribution in [2.45, 2.75) is 97.4 Å². The highest BCUT2D eigenvalue weighted by Gasteiger charge is 2.36. The third-order valence-electron chi connectivity index (χ3n) is 9.69. The number of phenols is 1. The molecular weight excluding hydrogens is 616 g/mol. The third-order valence-corrected chi connectivity index (χ3v) is 10.3. The number of anilines is 1. The van der Waals surface area contributed by atoms with E-state index >= 15 is 0 Å². The van der Waals surface area contributed by atoms with Crippen molar-refractivity contribution in [2.24, 2.45) is 0 Å². The monoisotopic (exact) mass is 662 g/mol. The number of amides is 1. The van der Waals surface area contributed by atoms with Crippen molar-refractivity contribution in [2.75, 3.05) is 25.1 Å². The molecule has 1 aromatic heterocycles. The summed E-state index contributed by atoms with van der Waals surface area (Å²) in [5.41, 5.74) is 9.10. The smallest absolute Gasteiger partial charge is 0.256 e. The molecule has 44 heavy (non-hydrogen) atoms. The summed E-state index contributed by atoms with van der Waals surface area (Å²) in [6, 6.07) is 9.85. The molecular formula is C36H47BrN4O3. The number of rotatable bonds is 11. The van der Waals surface area contributed by atoms with Crippen LogP contribution in [0.4, 0.5) is 5.69 Å². The minimum atomic E-state index is -0.119. The van der Waals surface area contributed by atoms with Gasteiger partial charge in [-0.3, -0.25) is 4.79 Å². The summed E-state index contributed by atoms with van der Waals surface area (Å²) >= 11 is 3.60. The van der Waals surface area contributed by atoms with Crippen molar-refractivity contribution in [3.05, 3.63) is 74.2 Å². The number of aromatic nitrogens is 2. The minimum absolute atomic E-state index is 0.0165. The lowest BCUT2D eigenvalue weighted by Crippen LogP contribution is -2.47. The molecule has 3 aromatic rings. The van der Waals surface area contributed by atoms with Gasteiger partial charge in [-0.25, -0.2) is 4.98 Å². The molecule has 2 heterocycles. The molecule has 1 aliphatic carbocycles. The molecule has 1 aliphatic heterocycles. The number of hydrogen-bond acceptors (Lipinski definition) is 5. The Morgan fingerprint density at radius 2 is 1.95 bits per heavy atom. The van der Waals surface area contributed by atoms with Crippen molar-refractivity contribution in [3.8, 4) is 5.75 Å². The van der Waals surface area contributed by atoms with Crippen LogP contribution >= 0.6 is 15.9 Å². The fraction of sp³-hybridized carbons (Fsp3) is 0.500. The molecule has 0 radical (unpaired) electrons. The van der Waals surface area contributed by atoms with Gasteiger partial charge >= 0.3 is 0 Å². The Kier molecular flexibility index (Phi) is 10.2. The van der Waals surface area contributed by atoms with Gasteiger partial charge in [0.05, 0.1) is 29.4 Å². The molecule has 0 saturated heterocycles. The highest BCUT2D eigenvalue weighted by atomic mass is 79.9. The second-order valence-electron chi connectivity index (χ2n) is 12.3. The maximum absolute atomic E-state index is 14.5. The predicted molar refractivity (Wildman–Crippen MR) is 182 cm³/mol. The number of benzene rings is 2. The van der Waals surface area contributed by atoms with Gasteiger partial charge in [0.2, 0.25) is 0 Å². The summed E-state index contributed by atoms with van der Waals surface area (Å²) in [5.74, 6) is 1.51. The number of carbonyl (C=O) groups excluding carboxylic acids is 1. The Hall–Kier alpha value is -3.10. The predicted octanol–water partition coefficient (Wildman–Crippen LogP) is 8.37. The average molecular weight is 664 g/mol. The summed E-state index contributed by atoms with van der Waals surface area (Å²) in [7, 11) is 2.06. The van der Waals surface area contributed by atoms with Gasteiger partial charge in [0.1, 0.15) is 17.1 Å². The maximum Gasteiger partial charge on any atom is 0.256 e. The number of aromatic amines is 1. The molecule has 1 fully saturated rings. The molecule has 3 N–H and O–H groups in total. The van der Waals surface area contributed by atoms with Crippen LogP contribution in [-0.2, 0) is 6.42 Å². The van der Waals surface area contributed by atoms with E-state index in [1.165, 1.54) is 47.2 Å². The number of phenolic OH excluding ortho intramolecular Hbond substituents is 1. The third kappa shape index (κ3) is 6.08. The van der Waals surface area contributed by atoms with Gasteiger partial charge in [-0.15, -0.1) is 0 Å². The fourth-order valence-corrected chi connectivity index (χ4v) is 7.35. The van der Waals surface area contributed by atoms with Crippen LogP contribution < -0.4 is 4.90 Å². The standard InChI is InChI=1S/C36H47BrN4O3/c1-6-10-25(22(4)7-2)33-28(8-3)41(36(44)26-14-15-27(37)35-34(26)38-32(39-35)18-20-42)19-17-30(33)40(5)29-16-13-24(21-31(29)43)23-11-9-12-23/h13-16,21,23,28,42-43H,6-12,17-20H2,1-5H3,(H,38,39). The van der Waals surface area contributed by atoms with Crippen molar-refractivity contribution in [1.29, 1.82) is 0 Å². The number of H-pyrrole nitrogens is 1. The number of fused-ring (bicyclic) bond motifs is 1. The summed E-state index contributed by atoms with van der Waals surface area (Å²) in [6.07, 6.45) is 8.38. The molecule has 236 valence electrons. The van der Waals surface area contributed by atoms with Crippen LogP contribution in [0.2, 0.25) is 0 Å². The number of nitrogens with zero attached hydrogens (tertiary/aromatic N) is 3. The molecule has 1 atom stereocenters. The Morgan fingerprint density at radius 1 is 1.18 bits per heavy atom. The first-order valence-electron chi connectivity index (χ1n) is 16.3.